The van der Waals surface area contributed by atoms with Crippen LogP contribution in [0.15, 0.2) is 73.1 Å². The van der Waals surface area contributed by atoms with Crippen LogP contribution in [0.25, 0.3) is 43.6 Å². The quantitative estimate of drug-likeness (QED) is 0.239. The molecule has 1 aliphatic carbocycles. The van der Waals surface area contributed by atoms with E-state index >= 15 is 0 Å². The van der Waals surface area contributed by atoms with Crippen LogP contribution in [0.3, 0.4) is 0 Å². The van der Waals surface area contributed by atoms with Gasteiger partial charge < -0.3 is 0 Å². The van der Waals surface area contributed by atoms with E-state index in [2.05, 4.69) is 95.3 Å². The summed E-state index contributed by atoms with van der Waals surface area (Å²) in [7, 11) is 0. The van der Waals surface area contributed by atoms with Crippen LogP contribution in [0.4, 0.5) is 0 Å². The summed E-state index contributed by atoms with van der Waals surface area (Å²) in [6.07, 6.45) is 9.00. The molecule has 0 atom stereocenters. The molecule has 2 heteroatoms. The molecule has 0 amide bonds. The molecule has 182 valence electrons. The summed E-state index contributed by atoms with van der Waals surface area (Å²) in [5, 5.41) is 7.67. The SMILES string of the molecule is CC1(C)CCC(c2nccc3c2ccc2c(-c4cc(C(C)(C)C)c5ccccc5c4)nccc23)CC1. The number of rotatable bonds is 2. The van der Waals surface area contributed by atoms with E-state index < -0.39 is 0 Å². The van der Waals surface area contributed by atoms with E-state index in [1.165, 1.54) is 74.8 Å². The molecule has 0 bridgehead atoms. The molecule has 0 N–H and O–H groups in total. The predicted molar refractivity (Wildman–Crippen MR) is 154 cm³/mol. The lowest BCUT2D eigenvalue weighted by molar-refractivity contribution is 0.223. The third kappa shape index (κ3) is 3.97. The van der Waals surface area contributed by atoms with Gasteiger partial charge in [-0.1, -0.05) is 71.0 Å². The third-order valence-corrected chi connectivity index (χ3v) is 8.39. The first-order valence-electron chi connectivity index (χ1n) is 13.4. The lowest BCUT2D eigenvalue weighted by atomic mass is 9.72. The van der Waals surface area contributed by atoms with Crippen molar-refractivity contribution in [2.24, 2.45) is 5.41 Å². The number of pyridine rings is 2. The lowest BCUT2D eigenvalue weighted by Gasteiger charge is -2.34. The van der Waals surface area contributed by atoms with Crippen LogP contribution < -0.4 is 0 Å². The van der Waals surface area contributed by atoms with Crippen molar-refractivity contribution in [1.82, 2.24) is 9.97 Å². The molecular weight excluding hydrogens is 436 g/mol. The van der Waals surface area contributed by atoms with Crippen LogP contribution in [0.2, 0.25) is 0 Å². The third-order valence-electron chi connectivity index (χ3n) is 8.39. The normalized spacial score (nSPS) is 16.7. The van der Waals surface area contributed by atoms with Gasteiger partial charge in [-0.3, -0.25) is 9.97 Å². The highest BCUT2D eigenvalue weighted by Gasteiger charge is 2.29. The van der Waals surface area contributed by atoms with Gasteiger partial charge in [0.1, 0.15) is 0 Å². The molecular formula is C34H36N2. The number of hydrogen-bond donors (Lipinski definition) is 0. The fourth-order valence-electron chi connectivity index (χ4n) is 6.24. The number of aromatic nitrogens is 2. The van der Waals surface area contributed by atoms with Crippen molar-refractivity contribution >= 4 is 32.3 Å². The monoisotopic (exact) mass is 472 g/mol. The van der Waals surface area contributed by atoms with Gasteiger partial charge in [-0.05, 0) is 87.9 Å². The van der Waals surface area contributed by atoms with Crippen LogP contribution in [-0.4, -0.2) is 9.97 Å². The molecule has 2 heterocycles. The van der Waals surface area contributed by atoms with Gasteiger partial charge in [0.2, 0.25) is 0 Å². The van der Waals surface area contributed by atoms with Gasteiger partial charge in [-0.2, -0.15) is 0 Å². The first-order chi connectivity index (χ1) is 17.2. The zero-order valence-corrected chi connectivity index (χ0v) is 22.2. The van der Waals surface area contributed by atoms with Crippen LogP contribution >= 0.6 is 0 Å². The molecule has 1 aliphatic rings. The molecule has 1 fully saturated rings. The number of hydrogen-bond acceptors (Lipinski definition) is 2. The Kier molecular flexibility index (Phi) is 5.41. The van der Waals surface area contributed by atoms with E-state index in [4.69, 9.17) is 9.97 Å². The Hall–Kier alpha value is -3.26. The van der Waals surface area contributed by atoms with Gasteiger partial charge in [-0.15, -0.1) is 0 Å². The van der Waals surface area contributed by atoms with E-state index in [9.17, 15) is 0 Å². The van der Waals surface area contributed by atoms with Gasteiger partial charge in [0.25, 0.3) is 0 Å². The highest BCUT2D eigenvalue weighted by molar-refractivity contribution is 6.12. The lowest BCUT2D eigenvalue weighted by Crippen LogP contribution is -2.20. The smallest absolute Gasteiger partial charge is 0.0780 e. The van der Waals surface area contributed by atoms with Gasteiger partial charge in [0.15, 0.2) is 0 Å². The summed E-state index contributed by atoms with van der Waals surface area (Å²) in [5.74, 6) is 0.551. The molecule has 0 spiro atoms. The Labute approximate surface area is 214 Å². The average Bonchev–Trinajstić information content (AvgIpc) is 2.86. The highest BCUT2D eigenvalue weighted by Crippen LogP contribution is 2.44. The second-order valence-electron chi connectivity index (χ2n) is 12.5. The van der Waals surface area contributed by atoms with E-state index in [1.54, 1.807) is 0 Å². The van der Waals surface area contributed by atoms with Gasteiger partial charge in [0, 0.05) is 34.6 Å². The second kappa shape index (κ2) is 8.40. The highest BCUT2D eigenvalue weighted by atomic mass is 14.7. The van der Waals surface area contributed by atoms with Gasteiger partial charge in [0.05, 0.1) is 11.4 Å². The molecule has 0 radical (unpaired) electrons. The minimum atomic E-state index is 0.0437. The molecule has 6 rings (SSSR count). The minimum Gasteiger partial charge on any atom is -0.260 e. The maximum absolute atomic E-state index is 4.93. The summed E-state index contributed by atoms with van der Waals surface area (Å²) >= 11 is 0. The van der Waals surface area contributed by atoms with Crippen molar-refractivity contribution in [3.8, 4) is 11.3 Å². The Morgan fingerprint density at radius 1 is 0.722 bits per heavy atom. The molecule has 36 heavy (non-hydrogen) atoms. The number of fused-ring (bicyclic) bond motifs is 4. The van der Waals surface area contributed by atoms with E-state index in [0.29, 0.717) is 11.3 Å². The Morgan fingerprint density at radius 3 is 2.14 bits per heavy atom. The fraction of sp³-hybridized carbons (Fsp3) is 0.353. The summed E-state index contributed by atoms with van der Waals surface area (Å²) in [6.45, 7) is 11.7. The molecule has 2 aromatic heterocycles. The van der Waals surface area contributed by atoms with Crippen molar-refractivity contribution in [3.05, 3.63) is 84.3 Å². The van der Waals surface area contributed by atoms with Crippen molar-refractivity contribution < 1.29 is 0 Å². The van der Waals surface area contributed by atoms with Crippen molar-refractivity contribution in [2.45, 2.75) is 71.6 Å². The molecule has 0 aliphatic heterocycles. The second-order valence-corrected chi connectivity index (χ2v) is 12.5. The van der Waals surface area contributed by atoms with E-state index in [-0.39, 0.29) is 5.41 Å². The molecule has 3 aromatic carbocycles. The zero-order valence-electron chi connectivity index (χ0n) is 22.2. The topological polar surface area (TPSA) is 25.8 Å². The zero-order chi connectivity index (χ0) is 25.1. The van der Waals surface area contributed by atoms with Crippen molar-refractivity contribution in [3.63, 3.8) is 0 Å². The van der Waals surface area contributed by atoms with Gasteiger partial charge in [-0.25, -0.2) is 0 Å². The number of nitrogens with zero attached hydrogens (tertiary/aromatic N) is 2. The largest absolute Gasteiger partial charge is 0.260 e. The average molecular weight is 473 g/mol. The minimum absolute atomic E-state index is 0.0437. The van der Waals surface area contributed by atoms with Crippen LogP contribution in [-0.2, 0) is 5.41 Å². The Bertz CT molecular complexity index is 1590. The van der Waals surface area contributed by atoms with Crippen LogP contribution in [0.1, 0.15) is 77.5 Å². The fourth-order valence-corrected chi connectivity index (χ4v) is 6.24. The van der Waals surface area contributed by atoms with Gasteiger partial charge >= 0.3 is 0 Å². The summed E-state index contributed by atoms with van der Waals surface area (Å²) < 4.78 is 0. The Morgan fingerprint density at radius 2 is 1.39 bits per heavy atom. The standard InChI is InChI=1S/C34H36N2/c1-33(2,3)30-21-24(20-23-8-6-7-9-25(23)30)32-29-11-10-28-26(27(29)15-19-36-32)14-18-35-31(28)22-12-16-34(4,5)17-13-22/h6-11,14-15,18-22H,12-13,16-17H2,1-5H3. The molecule has 2 nitrogen and oxygen atoms in total. The molecule has 5 aromatic rings. The summed E-state index contributed by atoms with van der Waals surface area (Å²) in [6, 6.07) is 22.3. The van der Waals surface area contributed by atoms with Crippen molar-refractivity contribution in [2.75, 3.05) is 0 Å². The summed E-state index contributed by atoms with van der Waals surface area (Å²) in [4.78, 5) is 9.85. The van der Waals surface area contributed by atoms with Crippen LogP contribution in [0.5, 0.6) is 0 Å². The van der Waals surface area contributed by atoms with E-state index in [0.717, 1.165) is 5.69 Å². The molecule has 0 unspecified atom stereocenters. The Balaban J connectivity index is 1.53. The maximum Gasteiger partial charge on any atom is 0.0780 e. The predicted octanol–water partition coefficient (Wildman–Crippen LogP) is 9.58. The molecule has 1 saturated carbocycles. The summed E-state index contributed by atoms with van der Waals surface area (Å²) in [5.41, 5.74) is 5.39. The maximum atomic E-state index is 4.93. The van der Waals surface area contributed by atoms with Crippen molar-refractivity contribution in [1.29, 1.82) is 0 Å². The van der Waals surface area contributed by atoms with E-state index in [1.807, 2.05) is 12.4 Å². The number of benzene rings is 3. The van der Waals surface area contributed by atoms with Crippen LogP contribution in [0, 0.1) is 5.41 Å². The molecule has 0 saturated heterocycles. The first kappa shape index (κ1) is 23.2. The first-order valence-corrected chi connectivity index (χ1v) is 13.4.